The first-order chi connectivity index (χ1) is 14.6. The molecule has 30 heavy (non-hydrogen) atoms. The predicted molar refractivity (Wildman–Crippen MR) is 119 cm³/mol. The van der Waals surface area contributed by atoms with Crippen LogP contribution >= 0.6 is 0 Å². The zero-order valence-electron chi connectivity index (χ0n) is 18.3. The minimum Gasteiger partial charge on any atom is -0.496 e. The van der Waals surface area contributed by atoms with E-state index in [2.05, 4.69) is 36.4 Å². The highest BCUT2D eigenvalue weighted by Crippen LogP contribution is 2.40. The molecule has 5 heteroatoms. The lowest BCUT2D eigenvalue weighted by molar-refractivity contribution is 0.348. The SMILES string of the molecule is COc1cc(OC)c(OC)cc1/C=C/[C@H]1CCC=C[C@@H]1c1ccc(OC)c(OC)c1. The van der Waals surface area contributed by atoms with E-state index in [4.69, 9.17) is 23.7 Å². The van der Waals surface area contributed by atoms with Gasteiger partial charge in [-0.25, -0.2) is 0 Å². The van der Waals surface area contributed by atoms with Gasteiger partial charge in [0, 0.05) is 17.5 Å². The van der Waals surface area contributed by atoms with Crippen molar-refractivity contribution in [3.8, 4) is 28.7 Å². The summed E-state index contributed by atoms with van der Waals surface area (Å²) in [5, 5.41) is 0. The van der Waals surface area contributed by atoms with Crippen molar-refractivity contribution in [3.63, 3.8) is 0 Å². The number of allylic oxidation sites excluding steroid dienone is 3. The Morgan fingerprint density at radius 2 is 1.37 bits per heavy atom. The van der Waals surface area contributed by atoms with E-state index in [0.717, 1.165) is 35.7 Å². The molecule has 0 heterocycles. The molecule has 2 aromatic rings. The molecule has 0 saturated carbocycles. The van der Waals surface area contributed by atoms with Gasteiger partial charge in [0.05, 0.1) is 35.5 Å². The van der Waals surface area contributed by atoms with Crippen LogP contribution in [0.3, 0.4) is 0 Å². The Morgan fingerprint density at radius 1 is 0.733 bits per heavy atom. The number of hydrogen-bond acceptors (Lipinski definition) is 5. The van der Waals surface area contributed by atoms with Crippen LogP contribution in [0.4, 0.5) is 0 Å². The van der Waals surface area contributed by atoms with Crippen molar-refractivity contribution in [2.45, 2.75) is 18.8 Å². The summed E-state index contributed by atoms with van der Waals surface area (Å²) in [6, 6.07) is 9.94. The lowest BCUT2D eigenvalue weighted by atomic mass is 9.79. The topological polar surface area (TPSA) is 46.2 Å². The Bertz CT molecular complexity index is 916. The molecule has 0 bridgehead atoms. The molecule has 3 rings (SSSR count). The van der Waals surface area contributed by atoms with Crippen LogP contribution in [-0.4, -0.2) is 35.5 Å². The van der Waals surface area contributed by atoms with Crippen LogP contribution in [0, 0.1) is 5.92 Å². The quantitative estimate of drug-likeness (QED) is 0.538. The second kappa shape index (κ2) is 10.1. The van der Waals surface area contributed by atoms with Crippen LogP contribution in [0.15, 0.2) is 48.6 Å². The predicted octanol–water partition coefficient (Wildman–Crippen LogP) is 5.49. The highest BCUT2D eigenvalue weighted by Gasteiger charge is 2.22. The summed E-state index contributed by atoms with van der Waals surface area (Å²) in [7, 11) is 8.24. The first-order valence-corrected chi connectivity index (χ1v) is 10.0. The van der Waals surface area contributed by atoms with Crippen LogP contribution in [-0.2, 0) is 0 Å². The summed E-state index contributed by atoms with van der Waals surface area (Å²) in [6.07, 6.45) is 11.0. The summed E-state index contributed by atoms with van der Waals surface area (Å²) in [5.74, 6) is 4.18. The van der Waals surface area contributed by atoms with Crippen molar-refractivity contribution in [2.75, 3.05) is 35.5 Å². The number of hydrogen-bond donors (Lipinski definition) is 0. The zero-order chi connectivity index (χ0) is 21.5. The fourth-order valence-corrected chi connectivity index (χ4v) is 3.90. The van der Waals surface area contributed by atoms with Gasteiger partial charge in [0.2, 0.25) is 0 Å². The normalized spacial score (nSPS) is 18.3. The van der Waals surface area contributed by atoms with Crippen LogP contribution in [0.5, 0.6) is 28.7 Å². The number of methoxy groups -OCH3 is 5. The minimum atomic E-state index is 0.265. The number of benzene rings is 2. The first kappa shape index (κ1) is 21.6. The van der Waals surface area contributed by atoms with Crippen LogP contribution in [0.25, 0.3) is 6.08 Å². The largest absolute Gasteiger partial charge is 0.496 e. The molecule has 2 aromatic carbocycles. The molecule has 0 spiro atoms. The molecule has 160 valence electrons. The Morgan fingerprint density at radius 3 is 2.03 bits per heavy atom. The molecule has 2 atom stereocenters. The second-order valence-corrected chi connectivity index (χ2v) is 7.12. The summed E-state index contributed by atoms with van der Waals surface area (Å²) in [4.78, 5) is 0. The molecule has 0 N–H and O–H groups in total. The second-order valence-electron chi connectivity index (χ2n) is 7.12. The van der Waals surface area contributed by atoms with E-state index < -0.39 is 0 Å². The van der Waals surface area contributed by atoms with E-state index in [1.54, 1.807) is 35.5 Å². The standard InChI is InChI=1S/C25H30O5/c1-26-21-13-12-18(14-23(21)28-3)20-9-7-6-8-17(20)10-11-19-15-24(29-4)25(30-5)16-22(19)27-2/h7,9-17,20H,6,8H2,1-5H3/b11-10+/t17-,20+/m1/s1. The highest BCUT2D eigenvalue weighted by atomic mass is 16.5. The Hall–Kier alpha value is -3.08. The Balaban J connectivity index is 1.92. The van der Waals surface area contributed by atoms with Crippen LogP contribution in [0.2, 0.25) is 0 Å². The van der Waals surface area contributed by atoms with Crippen molar-refractivity contribution in [1.82, 2.24) is 0 Å². The van der Waals surface area contributed by atoms with E-state index in [1.165, 1.54) is 5.56 Å². The first-order valence-electron chi connectivity index (χ1n) is 10.0. The molecule has 0 aliphatic heterocycles. The Kier molecular flexibility index (Phi) is 7.28. The average Bonchev–Trinajstić information content (AvgIpc) is 2.81. The molecule has 1 aliphatic carbocycles. The maximum Gasteiger partial charge on any atom is 0.164 e. The van der Waals surface area contributed by atoms with E-state index in [-0.39, 0.29) is 5.92 Å². The smallest absolute Gasteiger partial charge is 0.164 e. The molecule has 0 unspecified atom stereocenters. The van der Waals surface area contributed by atoms with Gasteiger partial charge >= 0.3 is 0 Å². The fourth-order valence-electron chi connectivity index (χ4n) is 3.90. The summed E-state index contributed by atoms with van der Waals surface area (Å²) in [5.41, 5.74) is 2.16. The Labute approximate surface area is 178 Å². The molecular formula is C25H30O5. The highest BCUT2D eigenvalue weighted by molar-refractivity contribution is 5.64. The van der Waals surface area contributed by atoms with Crippen molar-refractivity contribution in [3.05, 3.63) is 59.7 Å². The van der Waals surface area contributed by atoms with Gasteiger partial charge < -0.3 is 23.7 Å². The molecule has 5 nitrogen and oxygen atoms in total. The molecular weight excluding hydrogens is 380 g/mol. The fraction of sp³-hybridized carbons (Fsp3) is 0.360. The van der Waals surface area contributed by atoms with Gasteiger partial charge in [0.15, 0.2) is 23.0 Å². The average molecular weight is 411 g/mol. The minimum absolute atomic E-state index is 0.265. The van der Waals surface area contributed by atoms with Crippen molar-refractivity contribution in [2.24, 2.45) is 5.92 Å². The van der Waals surface area contributed by atoms with Gasteiger partial charge in [-0.05, 0) is 42.5 Å². The lowest BCUT2D eigenvalue weighted by Gasteiger charge is -2.26. The van der Waals surface area contributed by atoms with Gasteiger partial charge in [-0.1, -0.05) is 30.4 Å². The molecule has 0 amide bonds. The number of rotatable bonds is 8. The maximum absolute atomic E-state index is 5.56. The third-order valence-corrected chi connectivity index (χ3v) is 5.52. The maximum atomic E-state index is 5.56. The van der Waals surface area contributed by atoms with Crippen molar-refractivity contribution in [1.29, 1.82) is 0 Å². The summed E-state index contributed by atoms with van der Waals surface area (Å²) < 4.78 is 27.3. The summed E-state index contributed by atoms with van der Waals surface area (Å²) >= 11 is 0. The van der Waals surface area contributed by atoms with E-state index >= 15 is 0 Å². The van der Waals surface area contributed by atoms with Gasteiger partial charge in [-0.3, -0.25) is 0 Å². The van der Waals surface area contributed by atoms with E-state index in [9.17, 15) is 0 Å². The van der Waals surface area contributed by atoms with Crippen molar-refractivity contribution >= 4 is 6.08 Å². The lowest BCUT2D eigenvalue weighted by Crippen LogP contribution is -2.12. The molecule has 0 aromatic heterocycles. The van der Waals surface area contributed by atoms with Crippen molar-refractivity contribution < 1.29 is 23.7 Å². The third kappa shape index (κ3) is 4.56. The third-order valence-electron chi connectivity index (χ3n) is 5.52. The van der Waals surface area contributed by atoms with Crippen LogP contribution in [0.1, 0.15) is 29.9 Å². The van der Waals surface area contributed by atoms with E-state index in [1.807, 2.05) is 18.2 Å². The zero-order valence-corrected chi connectivity index (χ0v) is 18.3. The molecule has 1 aliphatic rings. The van der Waals surface area contributed by atoms with Gasteiger partial charge in [-0.15, -0.1) is 0 Å². The summed E-state index contributed by atoms with van der Waals surface area (Å²) in [6.45, 7) is 0. The number of ether oxygens (including phenoxy) is 5. The molecule has 0 radical (unpaired) electrons. The monoisotopic (exact) mass is 410 g/mol. The van der Waals surface area contributed by atoms with Gasteiger partial charge in [0.1, 0.15) is 5.75 Å². The molecule has 0 saturated heterocycles. The van der Waals surface area contributed by atoms with Gasteiger partial charge in [-0.2, -0.15) is 0 Å². The van der Waals surface area contributed by atoms with E-state index in [0.29, 0.717) is 17.4 Å². The van der Waals surface area contributed by atoms with Crippen LogP contribution < -0.4 is 23.7 Å². The molecule has 0 fully saturated rings. The van der Waals surface area contributed by atoms with Gasteiger partial charge in [0.25, 0.3) is 0 Å².